The van der Waals surface area contributed by atoms with Crippen molar-refractivity contribution in [3.63, 3.8) is 0 Å². The van der Waals surface area contributed by atoms with Crippen LogP contribution in [0.15, 0.2) is 59.0 Å². The summed E-state index contributed by atoms with van der Waals surface area (Å²) in [6.07, 6.45) is 0. The summed E-state index contributed by atoms with van der Waals surface area (Å²) >= 11 is 0. The van der Waals surface area contributed by atoms with Gasteiger partial charge in [-0.25, -0.2) is 0 Å². The van der Waals surface area contributed by atoms with Gasteiger partial charge in [0.15, 0.2) is 5.76 Å². The molecular weight excluding hydrogens is 282 g/mol. The molecule has 0 bridgehead atoms. The maximum absolute atomic E-state index is 12.2. The summed E-state index contributed by atoms with van der Waals surface area (Å²) in [4.78, 5) is 12.2. The molecule has 3 aromatic rings. The van der Waals surface area contributed by atoms with Crippen molar-refractivity contribution >= 4 is 22.6 Å². The molecule has 5 heteroatoms. The topological polar surface area (TPSA) is 71.7 Å². The molecule has 5 nitrogen and oxygen atoms in total. The molecule has 0 fully saturated rings. The molecule has 22 heavy (non-hydrogen) atoms. The number of nitrogens with one attached hydrogen (secondary N) is 1. The first-order chi connectivity index (χ1) is 10.8. The van der Waals surface area contributed by atoms with Crippen molar-refractivity contribution in [1.82, 2.24) is 0 Å². The average molecular weight is 297 g/mol. The summed E-state index contributed by atoms with van der Waals surface area (Å²) in [6.45, 7) is 0.204. The van der Waals surface area contributed by atoms with Gasteiger partial charge in [-0.05, 0) is 36.4 Å². The Bertz CT molecular complexity index is 744. The summed E-state index contributed by atoms with van der Waals surface area (Å²) < 4.78 is 10.8. The fourth-order valence-corrected chi connectivity index (χ4v) is 2.08. The van der Waals surface area contributed by atoms with Gasteiger partial charge < -0.3 is 19.6 Å². The molecule has 112 valence electrons. The number of hydrogen-bond donors (Lipinski definition) is 2. The maximum atomic E-state index is 12.2. The summed E-state index contributed by atoms with van der Waals surface area (Å²) in [5.41, 5.74) is 1.32. The highest BCUT2D eigenvalue weighted by Gasteiger charge is 2.12. The Morgan fingerprint density at radius 2 is 1.91 bits per heavy atom. The van der Waals surface area contributed by atoms with Crippen LogP contribution in [-0.4, -0.2) is 24.2 Å². The van der Waals surface area contributed by atoms with Crippen molar-refractivity contribution in [2.45, 2.75) is 0 Å². The zero-order valence-corrected chi connectivity index (χ0v) is 11.8. The number of amides is 1. The molecular formula is C17H15NO4. The number of aliphatic hydroxyl groups is 1. The molecule has 1 heterocycles. The number of carbonyl (C=O) groups excluding carboxylic acids is 1. The fraction of sp³-hybridized carbons (Fsp3) is 0.118. The molecule has 0 spiro atoms. The molecule has 1 aromatic heterocycles. The number of fused-ring (bicyclic) bond motifs is 1. The normalized spacial score (nSPS) is 10.6. The SMILES string of the molecule is O=C(Nc1ccc(OCCO)cc1)c1cc2ccccc2o1. The Balaban J connectivity index is 1.70. The molecule has 0 saturated carbocycles. The van der Waals surface area contributed by atoms with Gasteiger partial charge in [-0.15, -0.1) is 0 Å². The zero-order chi connectivity index (χ0) is 15.4. The lowest BCUT2D eigenvalue weighted by atomic mass is 10.2. The van der Waals surface area contributed by atoms with E-state index in [2.05, 4.69) is 5.32 Å². The minimum Gasteiger partial charge on any atom is -0.491 e. The lowest BCUT2D eigenvalue weighted by molar-refractivity contribution is 0.0998. The van der Waals surface area contributed by atoms with E-state index >= 15 is 0 Å². The van der Waals surface area contributed by atoms with Crippen molar-refractivity contribution in [1.29, 1.82) is 0 Å². The highest BCUT2D eigenvalue weighted by molar-refractivity contribution is 6.04. The van der Waals surface area contributed by atoms with Gasteiger partial charge in [-0.3, -0.25) is 4.79 Å². The number of anilines is 1. The first-order valence-corrected chi connectivity index (χ1v) is 6.90. The highest BCUT2D eigenvalue weighted by Crippen LogP contribution is 2.21. The van der Waals surface area contributed by atoms with Crippen LogP contribution in [0.3, 0.4) is 0 Å². The Labute approximate surface area is 127 Å². The van der Waals surface area contributed by atoms with E-state index in [1.165, 1.54) is 0 Å². The van der Waals surface area contributed by atoms with E-state index in [0.717, 1.165) is 5.39 Å². The second-order valence-electron chi connectivity index (χ2n) is 4.70. The number of benzene rings is 2. The molecule has 2 N–H and O–H groups in total. The van der Waals surface area contributed by atoms with E-state index in [4.69, 9.17) is 14.3 Å². The maximum Gasteiger partial charge on any atom is 0.291 e. The largest absolute Gasteiger partial charge is 0.491 e. The van der Waals surface area contributed by atoms with Crippen LogP contribution in [0.4, 0.5) is 5.69 Å². The number of aliphatic hydroxyl groups excluding tert-OH is 1. The van der Waals surface area contributed by atoms with Gasteiger partial charge in [0.1, 0.15) is 17.9 Å². The standard InChI is InChI=1S/C17H15NO4/c19-9-10-21-14-7-5-13(6-8-14)18-17(20)16-11-12-3-1-2-4-15(12)22-16/h1-8,11,19H,9-10H2,(H,18,20). The summed E-state index contributed by atoms with van der Waals surface area (Å²) in [5.74, 6) is 0.595. The van der Waals surface area contributed by atoms with Gasteiger partial charge in [0.2, 0.25) is 0 Å². The molecule has 0 radical (unpaired) electrons. The van der Waals surface area contributed by atoms with Crippen LogP contribution in [0.5, 0.6) is 5.75 Å². The summed E-state index contributed by atoms with van der Waals surface area (Å²) in [7, 11) is 0. The zero-order valence-electron chi connectivity index (χ0n) is 11.8. The predicted octanol–water partition coefficient (Wildman–Crippen LogP) is 3.06. The van der Waals surface area contributed by atoms with Gasteiger partial charge in [0.05, 0.1) is 6.61 Å². The van der Waals surface area contributed by atoms with E-state index in [1.807, 2.05) is 24.3 Å². The van der Waals surface area contributed by atoms with Crippen molar-refractivity contribution in [3.8, 4) is 5.75 Å². The second-order valence-corrected chi connectivity index (χ2v) is 4.70. The van der Waals surface area contributed by atoms with Crippen LogP contribution < -0.4 is 10.1 Å². The van der Waals surface area contributed by atoms with Crippen LogP contribution in [0.1, 0.15) is 10.6 Å². The monoisotopic (exact) mass is 297 g/mol. The molecule has 1 amide bonds. The third-order valence-electron chi connectivity index (χ3n) is 3.12. The number of ether oxygens (including phenoxy) is 1. The van der Waals surface area contributed by atoms with Crippen molar-refractivity contribution in [2.24, 2.45) is 0 Å². The summed E-state index contributed by atoms with van der Waals surface area (Å²) in [5, 5.41) is 12.3. The second kappa shape index (κ2) is 6.32. The van der Waals surface area contributed by atoms with Crippen LogP contribution in [0, 0.1) is 0 Å². The third-order valence-corrected chi connectivity index (χ3v) is 3.12. The number of para-hydroxylation sites is 1. The van der Waals surface area contributed by atoms with Gasteiger partial charge in [0, 0.05) is 11.1 Å². The van der Waals surface area contributed by atoms with Crippen molar-refractivity contribution < 1.29 is 19.1 Å². The average Bonchev–Trinajstić information content (AvgIpc) is 2.98. The lowest BCUT2D eigenvalue weighted by Gasteiger charge is -2.06. The van der Waals surface area contributed by atoms with Gasteiger partial charge in [0.25, 0.3) is 5.91 Å². The Kier molecular flexibility index (Phi) is 4.07. The predicted molar refractivity (Wildman–Crippen MR) is 83.2 cm³/mol. The smallest absolute Gasteiger partial charge is 0.291 e. The number of rotatable bonds is 5. The minimum absolute atomic E-state index is 0.0372. The van der Waals surface area contributed by atoms with E-state index in [0.29, 0.717) is 17.0 Å². The van der Waals surface area contributed by atoms with Gasteiger partial charge >= 0.3 is 0 Å². The van der Waals surface area contributed by atoms with E-state index in [1.54, 1.807) is 30.3 Å². The van der Waals surface area contributed by atoms with Crippen LogP contribution >= 0.6 is 0 Å². The first kappa shape index (κ1) is 14.2. The molecule has 0 atom stereocenters. The fourth-order valence-electron chi connectivity index (χ4n) is 2.08. The molecule has 3 rings (SSSR count). The molecule has 0 aliphatic carbocycles. The van der Waals surface area contributed by atoms with E-state index in [9.17, 15) is 4.79 Å². The van der Waals surface area contributed by atoms with Crippen LogP contribution in [-0.2, 0) is 0 Å². The lowest BCUT2D eigenvalue weighted by Crippen LogP contribution is -2.10. The Hall–Kier alpha value is -2.79. The van der Waals surface area contributed by atoms with Crippen LogP contribution in [0.2, 0.25) is 0 Å². The molecule has 0 saturated heterocycles. The van der Waals surface area contributed by atoms with Crippen LogP contribution in [0.25, 0.3) is 11.0 Å². The van der Waals surface area contributed by atoms with Crippen molar-refractivity contribution in [3.05, 3.63) is 60.4 Å². The third kappa shape index (κ3) is 3.10. The van der Waals surface area contributed by atoms with E-state index < -0.39 is 0 Å². The number of furan rings is 1. The Morgan fingerprint density at radius 1 is 1.14 bits per heavy atom. The molecule has 2 aromatic carbocycles. The molecule has 0 unspecified atom stereocenters. The molecule has 0 aliphatic heterocycles. The highest BCUT2D eigenvalue weighted by atomic mass is 16.5. The number of carbonyl (C=O) groups is 1. The summed E-state index contributed by atoms with van der Waals surface area (Å²) in [6, 6.07) is 16.1. The first-order valence-electron chi connectivity index (χ1n) is 6.90. The Morgan fingerprint density at radius 3 is 2.64 bits per heavy atom. The molecule has 0 aliphatic rings. The van der Waals surface area contributed by atoms with Crippen molar-refractivity contribution in [2.75, 3.05) is 18.5 Å². The van der Waals surface area contributed by atoms with Gasteiger partial charge in [-0.2, -0.15) is 0 Å². The number of hydrogen-bond acceptors (Lipinski definition) is 4. The quantitative estimate of drug-likeness (QED) is 0.759. The van der Waals surface area contributed by atoms with E-state index in [-0.39, 0.29) is 24.9 Å². The minimum atomic E-state index is -0.305. The van der Waals surface area contributed by atoms with Gasteiger partial charge in [-0.1, -0.05) is 18.2 Å².